The fourth-order valence-electron chi connectivity index (χ4n) is 0. The number of hydrogen-bond donors (Lipinski definition) is 0. The van der Waals surface area contributed by atoms with Crippen molar-refractivity contribution in [3.63, 3.8) is 0 Å². The van der Waals surface area contributed by atoms with E-state index < -0.39 is 0 Å². The van der Waals surface area contributed by atoms with Crippen LogP contribution < -0.4 is 0 Å². The van der Waals surface area contributed by atoms with Gasteiger partial charge in [0, 0.05) is 17.1 Å². The van der Waals surface area contributed by atoms with Crippen molar-refractivity contribution in [2.45, 2.75) is 0 Å². The quantitative estimate of drug-likeness (QED) is 0.313. The summed E-state index contributed by atoms with van der Waals surface area (Å²) in [5.74, 6) is 0.667. The fourth-order valence-corrected chi connectivity index (χ4v) is 0. The van der Waals surface area contributed by atoms with Crippen molar-refractivity contribution in [2.24, 2.45) is 0 Å². The van der Waals surface area contributed by atoms with Gasteiger partial charge in [-0.25, -0.2) is 0 Å². The van der Waals surface area contributed by atoms with Crippen LogP contribution in [0.3, 0.4) is 0 Å². The molecule has 0 rings (SSSR count). The molecule has 0 aliphatic carbocycles. The molecule has 0 saturated carbocycles. The van der Waals surface area contributed by atoms with Crippen LogP contribution in [0.2, 0.25) is 0 Å². The van der Waals surface area contributed by atoms with Gasteiger partial charge in [0.2, 0.25) is 0 Å². The molecule has 0 aliphatic heterocycles. The van der Waals surface area contributed by atoms with E-state index in [1.165, 1.54) is 0 Å². The summed E-state index contributed by atoms with van der Waals surface area (Å²) in [6.07, 6.45) is 0. The largest absolute Gasteiger partial charge is 0.0465 e. The van der Waals surface area contributed by atoms with Crippen LogP contribution >= 0.6 is 0 Å². The van der Waals surface area contributed by atoms with E-state index in [0.717, 1.165) is 0 Å². The average molecular weight is 194 g/mol. The van der Waals surface area contributed by atoms with Crippen LogP contribution in [0.4, 0.5) is 0 Å². The minimum atomic E-state index is 0. The Balaban J connectivity index is -0.0000000152. The van der Waals surface area contributed by atoms with Gasteiger partial charge in [-0.1, -0.05) is 0 Å². The SMILES string of the molecule is [C-]#[O+].[C-]#[O+].[C-]#[O+].[CH2][C]([CH2])[CH2].[Fe]. The maximum absolute atomic E-state index is 7.50. The van der Waals surface area contributed by atoms with Gasteiger partial charge in [0.05, 0.1) is 0 Å². The van der Waals surface area contributed by atoms with Gasteiger partial charge < -0.3 is 0 Å². The monoisotopic (exact) mass is 194 g/mol. The molecule has 0 saturated heterocycles. The average Bonchev–Trinajstić information content (AvgIpc) is 1.98. The smallest absolute Gasteiger partial charge is 0 e. The molecule has 0 heterocycles. The Bertz CT molecular complexity index is 66.4. The van der Waals surface area contributed by atoms with Crippen molar-refractivity contribution in [2.75, 3.05) is 0 Å². The van der Waals surface area contributed by atoms with Crippen LogP contribution in [0.5, 0.6) is 0 Å². The van der Waals surface area contributed by atoms with E-state index in [4.69, 9.17) is 14.0 Å². The van der Waals surface area contributed by atoms with Gasteiger partial charge in [0.1, 0.15) is 0 Å². The van der Waals surface area contributed by atoms with E-state index in [9.17, 15) is 0 Å². The maximum atomic E-state index is 7.50. The predicted octanol–water partition coefficient (Wildman–Crippen LogP) is 0.948. The van der Waals surface area contributed by atoms with E-state index in [-0.39, 0.29) is 17.1 Å². The van der Waals surface area contributed by atoms with E-state index in [0.29, 0.717) is 5.92 Å². The fraction of sp³-hybridized carbons (Fsp3) is 0. The van der Waals surface area contributed by atoms with Crippen LogP contribution in [0.15, 0.2) is 0 Å². The van der Waals surface area contributed by atoms with Gasteiger partial charge in [-0.05, 0) is 26.7 Å². The summed E-state index contributed by atoms with van der Waals surface area (Å²) >= 11 is 0. The van der Waals surface area contributed by atoms with E-state index >= 15 is 0 Å². The zero-order chi connectivity index (χ0) is 9.58. The van der Waals surface area contributed by atoms with Crippen molar-refractivity contribution >= 4 is 0 Å². The standard InChI is InChI=1S/C4H6.3CO.Fe/c1-4(2)3;3*1-2;/h1-3H2;;;;. The molecule has 4 radical (unpaired) electrons. The summed E-state index contributed by atoms with van der Waals surface area (Å²) < 4.78 is 22.5. The van der Waals surface area contributed by atoms with E-state index in [1.807, 2.05) is 0 Å². The first kappa shape index (κ1) is 30.9. The Morgan fingerprint density at radius 2 is 0.727 bits per heavy atom. The first-order valence-corrected chi connectivity index (χ1v) is 1.67. The molecule has 0 atom stereocenters. The molecule has 0 spiro atoms. The van der Waals surface area contributed by atoms with Crippen molar-refractivity contribution in [3.05, 3.63) is 46.6 Å². The summed E-state index contributed by atoms with van der Waals surface area (Å²) in [5.41, 5.74) is 0. The normalized spacial score (nSPS) is 3.82. The van der Waals surface area contributed by atoms with Crippen LogP contribution in [0, 0.1) is 46.6 Å². The molecule has 0 aromatic rings. The van der Waals surface area contributed by atoms with E-state index in [1.54, 1.807) is 0 Å². The Morgan fingerprint density at radius 3 is 0.727 bits per heavy atom. The number of hydrogen-bond acceptors (Lipinski definition) is 0. The van der Waals surface area contributed by atoms with Gasteiger partial charge in [-0.2, -0.15) is 0 Å². The van der Waals surface area contributed by atoms with Gasteiger partial charge in [0.25, 0.3) is 0 Å². The van der Waals surface area contributed by atoms with Gasteiger partial charge in [-0.3, -0.25) is 0 Å². The molecule has 60 valence electrons. The first-order chi connectivity index (χ1) is 4.73. The molecule has 0 aromatic carbocycles. The second-order valence-electron chi connectivity index (χ2n) is 0.750. The van der Waals surface area contributed by atoms with Crippen molar-refractivity contribution < 1.29 is 31.0 Å². The molecule has 0 fully saturated rings. The summed E-state index contributed by atoms with van der Waals surface area (Å²) in [5, 5.41) is 0. The zero-order valence-electron chi connectivity index (χ0n) is 5.70. The summed E-state index contributed by atoms with van der Waals surface area (Å²) in [4.78, 5) is 0. The minimum Gasteiger partial charge on any atom is -0.0465 e. The second kappa shape index (κ2) is 99.1. The molecule has 0 amide bonds. The Labute approximate surface area is 78.2 Å². The van der Waals surface area contributed by atoms with Gasteiger partial charge in [-0.15, -0.1) is 0 Å². The molecular weight excluding hydrogens is 188 g/mol. The van der Waals surface area contributed by atoms with E-state index in [2.05, 4.69) is 40.7 Å². The van der Waals surface area contributed by atoms with Crippen molar-refractivity contribution in [3.8, 4) is 0 Å². The Kier molecular flexibility index (Phi) is 279. The van der Waals surface area contributed by atoms with Crippen LogP contribution in [-0.4, -0.2) is 0 Å². The summed E-state index contributed by atoms with van der Waals surface area (Å²) in [6.45, 7) is 23.5. The zero-order valence-corrected chi connectivity index (χ0v) is 6.80. The predicted molar refractivity (Wildman–Crippen MR) is 31.1 cm³/mol. The Hall–Kier alpha value is -0.261. The molecule has 3 nitrogen and oxygen atoms in total. The first-order valence-electron chi connectivity index (χ1n) is 1.67. The van der Waals surface area contributed by atoms with Crippen LogP contribution in [-0.2, 0) is 31.0 Å². The summed E-state index contributed by atoms with van der Waals surface area (Å²) in [7, 11) is 0. The van der Waals surface area contributed by atoms with Crippen LogP contribution in [0.25, 0.3) is 0 Å². The number of rotatable bonds is 0. The minimum absolute atomic E-state index is 0. The van der Waals surface area contributed by atoms with Crippen molar-refractivity contribution in [1.29, 1.82) is 0 Å². The molecule has 0 bridgehead atoms. The molecule has 0 N–H and O–H groups in total. The third-order valence-electron chi connectivity index (χ3n) is 0. The molecule has 0 unspecified atom stereocenters. The third-order valence-corrected chi connectivity index (χ3v) is 0. The molecule has 11 heavy (non-hydrogen) atoms. The maximum Gasteiger partial charge on any atom is 0 e. The molecule has 0 aromatic heterocycles. The van der Waals surface area contributed by atoms with Gasteiger partial charge in [0.15, 0.2) is 0 Å². The molecule has 0 aliphatic rings. The van der Waals surface area contributed by atoms with Crippen LogP contribution in [0.1, 0.15) is 0 Å². The Morgan fingerprint density at radius 1 is 0.727 bits per heavy atom. The molecular formula is C7H6FeO3. The molecule has 4 heteroatoms. The summed E-state index contributed by atoms with van der Waals surface area (Å²) in [6, 6.07) is 0. The third kappa shape index (κ3) is 8600. The second-order valence-corrected chi connectivity index (χ2v) is 0.750. The van der Waals surface area contributed by atoms with Crippen molar-refractivity contribution in [1.82, 2.24) is 0 Å². The topological polar surface area (TPSA) is 59.7 Å². The van der Waals surface area contributed by atoms with Gasteiger partial charge >= 0.3 is 33.9 Å².